The Balaban J connectivity index is 2.30. The van der Waals surface area contributed by atoms with Gasteiger partial charge in [0.15, 0.2) is 20.4 Å². The van der Waals surface area contributed by atoms with Gasteiger partial charge in [-0.1, -0.05) is 26.8 Å². The Labute approximate surface area is 152 Å². The predicted molar refractivity (Wildman–Crippen MR) is 98.6 cm³/mol. The van der Waals surface area contributed by atoms with Crippen LogP contribution >= 0.6 is 0 Å². The number of carbonyl (C=O) groups is 1. The van der Waals surface area contributed by atoms with Crippen molar-refractivity contribution in [1.29, 1.82) is 0 Å². The SMILES string of the molecule is C=C[C@@H](NC(C)=O)[C@H]1O[C@@H]2OC(C)(C)O[C@@H]2[C@H]1O[Si](C)(C)C(C)(C)C. The second-order valence-electron chi connectivity index (χ2n) is 8.87. The maximum Gasteiger partial charge on any atom is 0.217 e. The first-order valence-corrected chi connectivity index (χ1v) is 11.8. The van der Waals surface area contributed by atoms with Gasteiger partial charge in [0.2, 0.25) is 5.91 Å². The number of nitrogens with one attached hydrogen (secondary N) is 1. The van der Waals surface area contributed by atoms with Crippen LogP contribution in [-0.2, 0) is 23.4 Å². The fourth-order valence-electron chi connectivity index (χ4n) is 2.95. The minimum Gasteiger partial charge on any atom is -0.408 e. The summed E-state index contributed by atoms with van der Waals surface area (Å²) in [6.45, 7) is 20.0. The van der Waals surface area contributed by atoms with Crippen molar-refractivity contribution < 1.29 is 23.4 Å². The van der Waals surface area contributed by atoms with Crippen LogP contribution in [0.5, 0.6) is 0 Å². The molecule has 1 N–H and O–H groups in total. The van der Waals surface area contributed by atoms with Crippen molar-refractivity contribution >= 4 is 14.2 Å². The van der Waals surface area contributed by atoms with E-state index in [4.69, 9.17) is 18.6 Å². The summed E-state index contributed by atoms with van der Waals surface area (Å²) in [5, 5.41) is 2.92. The largest absolute Gasteiger partial charge is 0.408 e. The van der Waals surface area contributed by atoms with Gasteiger partial charge in [-0.15, -0.1) is 6.58 Å². The lowest BCUT2D eigenvalue weighted by Gasteiger charge is -2.41. The molecule has 1 amide bonds. The lowest BCUT2D eigenvalue weighted by molar-refractivity contribution is -0.215. The second kappa shape index (κ2) is 6.77. The Kier molecular flexibility index (Phi) is 5.58. The zero-order chi connectivity index (χ0) is 19.2. The topological polar surface area (TPSA) is 66.0 Å². The van der Waals surface area contributed by atoms with Crippen LogP contribution in [0.1, 0.15) is 41.5 Å². The predicted octanol–water partition coefficient (Wildman–Crippen LogP) is 2.94. The van der Waals surface area contributed by atoms with Crippen LogP contribution in [0.3, 0.4) is 0 Å². The molecule has 0 aromatic carbocycles. The fraction of sp³-hybridized carbons (Fsp3) is 0.833. The first-order valence-electron chi connectivity index (χ1n) is 8.86. The molecule has 2 aliphatic heterocycles. The summed E-state index contributed by atoms with van der Waals surface area (Å²) in [4.78, 5) is 11.6. The molecule has 0 aromatic heterocycles. The first kappa shape index (κ1) is 20.6. The molecule has 0 unspecified atom stereocenters. The van der Waals surface area contributed by atoms with Gasteiger partial charge in [0.05, 0.1) is 6.04 Å². The van der Waals surface area contributed by atoms with Gasteiger partial charge in [0, 0.05) is 6.92 Å². The zero-order valence-corrected chi connectivity index (χ0v) is 17.7. The smallest absolute Gasteiger partial charge is 0.217 e. The molecule has 2 rings (SSSR count). The van der Waals surface area contributed by atoms with E-state index in [0.717, 1.165) is 0 Å². The van der Waals surface area contributed by atoms with Gasteiger partial charge in [0.1, 0.15) is 18.3 Å². The number of ether oxygens (including phenoxy) is 3. The van der Waals surface area contributed by atoms with Gasteiger partial charge in [-0.2, -0.15) is 0 Å². The average Bonchev–Trinajstić information content (AvgIpc) is 2.88. The summed E-state index contributed by atoms with van der Waals surface area (Å²) in [5.74, 6) is -0.855. The highest BCUT2D eigenvalue weighted by Crippen LogP contribution is 2.44. The van der Waals surface area contributed by atoms with Gasteiger partial charge < -0.3 is 24.0 Å². The van der Waals surface area contributed by atoms with E-state index in [0.29, 0.717) is 0 Å². The van der Waals surface area contributed by atoms with E-state index in [1.165, 1.54) is 6.92 Å². The molecule has 25 heavy (non-hydrogen) atoms. The zero-order valence-electron chi connectivity index (χ0n) is 16.7. The quantitative estimate of drug-likeness (QED) is 0.594. The van der Waals surface area contributed by atoms with Crippen molar-refractivity contribution in [3.05, 3.63) is 12.7 Å². The van der Waals surface area contributed by atoms with Crippen LogP contribution in [0.4, 0.5) is 0 Å². The molecular formula is C18H33NO5Si. The molecule has 6 nitrogen and oxygen atoms in total. The van der Waals surface area contributed by atoms with Crippen LogP contribution in [0.25, 0.3) is 0 Å². The number of rotatable bonds is 5. The fourth-order valence-corrected chi connectivity index (χ4v) is 4.26. The summed E-state index contributed by atoms with van der Waals surface area (Å²) in [6, 6.07) is -0.367. The van der Waals surface area contributed by atoms with Crippen LogP contribution < -0.4 is 5.32 Å². The summed E-state index contributed by atoms with van der Waals surface area (Å²) in [7, 11) is -2.08. The van der Waals surface area contributed by atoms with Gasteiger partial charge in [-0.25, -0.2) is 0 Å². The molecule has 0 aliphatic carbocycles. The van der Waals surface area contributed by atoms with Gasteiger partial charge >= 0.3 is 0 Å². The normalized spacial score (nSPS) is 33.0. The molecule has 2 heterocycles. The molecule has 0 saturated carbocycles. The van der Waals surface area contributed by atoms with Crippen molar-refractivity contribution in [3.8, 4) is 0 Å². The number of hydrogen-bond donors (Lipinski definition) is 1. The molecule has 2 fully saturated rings. The van der Waals surface area contributed by atoms with Crippen LogP contribution in [0, 0.1) is 0 Å². The highest BCUT2D eigenvalue weighted by atomic mass is 28.4. The summed E-state index contributed by atoms with van der Waals surface area (Å²) in [5.41, 5.74) is 0. The number of carbonyl (C=O) groups excluding carboxylic acids is 1. The number of hydrogen-bond acceptors (Lipinski definition) is 5. The molecule has 144 valence electrons. The maximum atomic E-state index is 11.6. The Morgan fingerprint density at radius 3 is 2.40 bits per heavy atom. The third-order valence-electron chi connectivity index (χ3n) is 5.24. The lowest BCUT2D eigenvalue weighted by Crippen LogP contribution is -2.54. The van der Waals surface area contributed by atoms with Gasteiger partial charge in [-0.3, -0.25) is 4.79 Å². The minimum absolute atomic E-state index is 0.0439. The average molecular weight is 372 g/mol. The molecule has 2 aliphatic rings. The van der Waals surface area contributed by atoms with Crippen LogP contribution in [0.2, 0.25) is 18.1 Å². The highest BCUT2D eigenvalue weighted by Gasteiger charge is 2.58. The molecule has 5 atom stereocenters. The molecular weight excluding hydrogens is 338 g/mol. The van der Waals surface area contributed by atoms with Crippen molar-refractivity contribution in [3.63, 3.8) is 0 Å². The van der Waals surface area contributed by atoms with Crippen molar-refractivity contribution in [2.24, 2.45) is 0 Å². The van der Waals surface area contributed by atoms with E-state index in [1.54, 1.807) is 6.08 Å². The third kappa shape index (κ3) is 4.34. The summed E-state index contributed by atoms with van der Waals surface area (Å²) in [6.07, 6.45) is 0.112. The Morgan fingerprint density at radius 2 is 1.92 bits per heavy atom. The molecule has 0 spiro atoms. The van der Waals surface area contributed by atoms with Crippen molar-refractivity contribution in [1.82, 2.24) is 5.32 Å². The van der Waals surface area contributed by atoms with Crippen LogP contribution in [0.15, 0.2) is 12.7 Å². The van der Waals surface area contributed by atoms with Crippen molar-refractivity contribution in [2.45, 2.75) is 96.1 Å². The van der Waals surface area contributed by atoms with E-state index in [2.05, 4.69) is 45.8 Å². The summed E-state index contributed by atoms with van der Waals surface area (Å²) < 4.78 is 24.7. The minimum atomic E-state index is -2.08. The van der Waals surface area contributed by atoms with E-state index < -0.39 is 26.5 Å². The third-order valence-corrected chi connectivity index (χ3v) is 9.72. The second-order valence-corrected chi connectivity index (χ2v) is 13.6. The Bertz CT molecular complexity index is 528. The van der Waals surface area contributed by atoms with Gasteiger partial charge in [-0.05, 0) is 32.0 Å². The Hall–Kier alpha value is -0.733. The van der Waals surface area contributed by atoms with E-state index in [1.807, 2.05) is 13.8 Å². The molecule has 2 saturated heterocycles. The Morgan fingerprint density at radius 1 is 1.32 bits per heavy atom. The molecule has 7 heteroatoms. The lowest BCUT2D eigenvalue weighted by atomic mass is 10.0. The van der Waals surface area contributed by atoms with Gasteiger partial charge in [0.25, 0.3) is 0 Å². The molecule has 0 bridgehead atoms. The van der Waals surface area contributed by atoms with E-state index in [-0.39, 0.29) is 29.2 Å². The van der Waals surface area contributed by atoms with E-state index >= 15 is 0 Å². The number of amides is 1. The van der Waals surface area contributed by atoms with Crippen molar-refractivity contribution in [2.75, 3.05) is 0 Å². The molecule has 0 radical (unpaired) electrons. The molecule has 0 aromatic rings. The highest BCUT2D eigenvalue weighted by molar-refractivity contribution is 6.74. The van der Waals surface area contributed by atoms with E-state index in [9.17, 15) is 4.79 Å². The first-order chi connectivity index (χ1) is 11.3. The standard InChI is InChI=1S/C18H33NO5Si/c1-10-12(19-11(2)20)13-14(24-25(8,9)17(3,4)5)15-16(21-13)23-18(6,7)22-15/h10,12-16H,1H2,2-9H3,(H,19,20)/t12-,13-,14+,15-,16-/m1/s1. The maximum absolute atomic E-state index is 11.6. The van der Waals surface area contributed by atoms with Crippen LogP contribution in [-0.4, -0.2) is 50.7 Å². The number of fused-ring (bicyclic) bond motifs is 1. The monoisotopic (exact) mass is 371 g/mol. The summed E-state index contributed by atoms with van der Waals surface area (Å²) >= 11 is 0.